The molecule has 1 heterocycles. The molecule has 0 saturated heterocycles. The summed E-state index contributed by atoms with van der Waals surface area (Å²) >= 11 is 7.08. The zero-order valence-corrected chi connectivity index (χ0v) is 15.8. The van der Waals surface area contributed by atoms with Crippen molar-refractivity contribution < 1.29 is 13.2 Å². The SMILES string of the molecule is CCCCC(=O)NC[C@@H](c1ccc(Cl)cc1)S(=O)(=O)c1cccs1. The molecule has 7 heteroatoms. The van der Waals surface area contributed by atoms with Crippen molar-refractivity contribution in [3.8, 4) is 0 Å². The normalized spacial score (nSPS) is 12.8. The van der Waals surface area contributed by atoms with Gasteiger partial charge in [0.05, 0.1) is 0 Å². The number of halogens is 1. The number of unbranched alkanes of at least 4 members (excludes halogenated alkanes) is 1. The average Bonchev–Trinajstić information content (AvgIpc) is 3.10. The van der Waals surface area contributed by atoms with E-state index in [1.807, 2.05) is 6.92 Å². The van der Waals surface area contributed by atoms with Crippen molar-refractivity contribution in [2.45, 2.75) is 35.6 Å². The van der Waals surface area contributed by atoms with E-state index in [0.29, 0.717) is 21.2 Å². The molecule has 2 aromatic rings. The largest absolute Gasteiger partial charge is 0.354 e. The molecule has 1 atom stereocenters. The third kappa shape index (κ3) is 4.82. The predicted octanol–water partition coefficient (Wildman–Crippen LogP) is 4.22. The second-order valence-electron chi connectivity index (χ2n) is 5.42. The van der Waals surface area contributed by atoms with Crippen molar-refractivity contribution >= 4 is 38.7 Å². The first kappa shape index (κ1) is 19.0. The van der Waals surface area contributed by atoms with E-state index >= 15 is 0 Å². The van der Waals surface area contributed by atoms with Gasteiger partial charge >= 0.3 is 0 Å². The lowest BCUT2D eigenvalue weighted by molar-refractivity contribution is -0.121. The van der Waals surface area contributed by atoms with Crippen LogP contribution in [0.25, 0.3) is 0 Å². The second-order valence-corrected chi connectivity index (χ2v) is 9.17. The lowest BCUT2D eigenvalue weighted by atomic mass is 10.1. The van der Waals surface area contributed by atoms with Gasteiger partial charge in [0.1, 0.15) is 9.46 Å². The Balaban J connectivity index is 2.25. The molecular weight excluding hydrogens is 366 g/mol. The number of carbonyl (C=O) groups excluding carboxylic acids is 1. The highest BCUT2D eigenvalue weighted by molar-refractivity contribution is 7.93. The van der Waals surface area contributed by atoms with Crippen LogP contribution in [0.5, 0.6) is 0 Å². The van der Waals surface area contributed by atoms with Gasteiger partial charge in [-0.1, -0.05) is 43.1 Å². The van der Waals surface area contributed by atoms with Crippen molar-refractivity contribution in [2.24, 2.45) is 0 Å². The third-order valence-corrected chi connectivity index (χ3v) is 7.42. The molecule has 4 nitrogen and oxygen atoms in total. The third-order valence-electron chi connectivity index (χ3n) is 3.63. The maximum absolute atomic E-state index is 12.9. The molecular formula is C17H20ClNO3S2. The van der Waals surface area contributed by atoms with Gasteiger partial charge < -0.3 is 5.32 Å². The molecule has 1 aromatic heterocycles. The van der Waals surface area contributed by atoms with E-state index in [4.69, 9.17) is 11.6 Å². The van der Waals surface area contributed by atoms with Crippen LogP contribution in [0.4, 0.5) is 0 Å². The summed E-state index contributed by atoms with van der Waals surface area (Å²) in [7, 11) is -3.58. The van der Waals surface area contributed by atoms with Crippen molar-refractivity contribution in [3.63, 3.8) is 0 Å². The molecule has 0 radical (unpaired) electrons. The Morgan fingerprint density at radius 2 is 1.96 bits per heavy atom. The van der Waals surface area contributed by atoms with Crippen molar-refractivity contribution in [1.82, 2.24) is 5.32 Å². The first-order chi connectivity index (χ1) is 11.4. The number of sulfone groups is 1. The minimum absolute atomic E-state index is 0.0460. The fourth-order valence-corrected chi connectivity index (χ4v) is 5.27. The van der Waals surface area contributed by atoms with E-state index in [-0.39, 0.29) is 12.5 Å². The number of benzene rings is 1. The zero-order chi connectivity index (χ0) is 17.6. The quantitative estimate of drug-likeness (QED) is 0.739. The van der Waals surface area contributed by atoms with E-state index in [9.17, 15) is 13.2 Å². The number of thiophene rings is 1. The first-order valence-electron chi connectivity index (χ1n) is 7.74. The lowest BCUT2D eigenvalue weighted by Crippen LogP contribution is -2.31. The Morgan fingerprint density at radius 3 is 2.54 bits per heavy atom. The first-order valence-corrected chi connectivity index (χ1v) is 10.5. The molecule has 0 fully saturated rings. The smallest absolute Gasteiger partial charge is 0.220 e. The maximum Gasteiger partial charge on any atom is 0.220 e. The Bertz CT molecular complexity index is 756. The molecule has 130 valence electrons. The van der Waals surface area contributed by atoms with Gasteiger partial charge in [-0.3, -0.25) is 4.79 Å². The molecule has 1 amide bonds. The molecule has 24 heavy (non-hydrogen) atoms. The Labute approximate surface area is 151 Å². The highest BCUT2D eigenvalue weighted by Crippen LogP contribution is 2.31. The van der Waals surface area contributed by atoms with Crippen LogP contribution >= 0.6 is 22.9 Å². The summed E-state index contributed by atoms with van der Waals surface area (Å²) in [6, 6.07) is 9.99. The minimum Gasteiger partial charge on any atom is -0.354 e. The Morgan fingerprint density at radius 1 is 1.25 bits per heavy atom. The number of amides is 1. The van der Waals surface area contributed by atoms with E-state index in [0.717, 1.165) is 12.8 Å². The number of hydrogen-bond donors (Lipinski definition) is 1. The standard InChI is InChI=1S/C17H20ClNO3S2/c1-2-3-5-16(20)19-12-15(13-7-9-14(18)10-8-13)24(21,22)17-6-4-11-23-17/h4,6-11,15H,2-3,5,12H2,1H3,(H,19,20)/t15-/m0/s1. The topological polar surface area (TPSA) is 63.2 Å². The molecule has 0 aliphatic rings. The lowest BCUT2D eigenvalue weighted by Gasteiger charge is -2.18. The molecule has 0 aliphatic carbocycles. The highest BCUT2D eigenvalue weighted by atomic mass is 35.5. The van der Waals surface area contributed by atoms with Gasteiger partial charge in [0.25, 0.3) is 0 Å². The van der Waals surface area contributed by atoms with Crippen molar-refractivity contribution in [1.29, 1.82) is 0 Å². The second kappa shape index (κ2) is 8.65. The van der Waals surface area contributed by atoms with Crippen LogP contribution in [0.3, 0.4) is 0 Å². The van der Waals surface area contributed by atoms with E-state index in [1.54, 1.807) is 41.8 Å². The Kier molecular flexibility index (Phi) is 6.83. The highest BCUT2D eigenvalue weighted by Gasteiger charge is 2.30. The van der Waals surface area contributed by atoms with Gasteiger partial charge in [-0.15, -0.1) is 11.3 Å². The van der Waals surface area contributed by atoms with E-state index < -0.39 is 15.1 Å². The fraction of sp³-hybridized carbons (Fsp3) is 0.353. The van der Waals surface area contributed by atoms with Gasteiger partial charge in [0, 0.05) is 18.0 Å². The van der Waals surface area contributed by atoms with E-state index in [1.165, 1.54) is 11.3 Å². The molecule has 0 aliphatic heterocycles. The molecule has 0 bridgehead atoms. The average molecular weight is 386 g/mol. The summed E-state index contributed by atoms with van der Waals surface area (Å²) in [4.78, 5) is 11.9. The molecule has 0 saturated carbocycles. The Hall–Kier alpha value is -1.37. The number of rotatable bonds is 8. The van der Waals surface area contributed by atoms with Crippen LogP contribution in [0, 0.1) is 0 Å². The van der Waals surface area contributed by atoms with Crippen LogP contribution in [0.15, 0.2) is 46.0 Å². The summed E-state index contributed by atoms with van der Waals surface area (Å²) in [5.74, 6) is -0.128. The van der Waals surface area contributed by atoms with Gasteiger partial charge in [-0.05, 0) is 35.6 Å². The molecule has 1 aromatic carbocycles. The van der Waals surface area contributed by atoms with Crippen molar-refractivity contribution in [3.05, 3.63) is 52.4 Å². The molecule has 0 spiro atoms. The van der Waals surface area contributed by atoms with Crippen LogP contribution in [0.1, 0.15) is 37.0 Å². The van der Waals surface area contributed by atoms with Gasteiger partial charge in [0.2, 0.25) is 5.91 Å². The van der Waals surface area contributed by atoms with Crippen LogP contribution in [-0.4, -0.2) is 20.9 Å². The fourth-order valence-electron chi connectivity index (χ4n) is 2.28. The molecule has 0 unspecified atom stereocenters. The van der Waals surface area contributed by atoms with Crippen LogP contribution in [0.2, 0.25) is 5.02 Å². The van der Waals surface area contributed by atoms with Crippen LogP contribution < -0.4 is 5.32 Å². The number of nitrogens with one attached hydrogen (secondary N) is 1. The van der Waals surface area contributed by atoms with Crippen molar-refractivity contribution in [2.75, 3.05) is 6.54 Å². The summed E-state index contributed by atoms with van der Waals surface area (Å²) in [5.41, 5.74) is 0.614. The summed E-state index contributed by atoms with van der Waals surface area (Å²) in [6.45, 7) is 2.05. The molecule has 2 rings (SSSR count). The predicted molar refractivity (Wildman–Crippen MR) is 98.2 cm³/mol. The minimum atomic E-state index is -3.58. The summed E-state index contributed by atoms with van der Waals surface area (Å²) in [5, 5.41) is 4.19. The van der Waals surface area contributed by atoms with Crippen LogP contribution in [-0.2, 0) is 14.6 Å². The van der Waals surface area contributed by atoms with Gasteiger partial charge in [0.15, 0.2) is 9.84 Å². The van der Waals surface area contributed by atoms with Gasteiger partial charge in [-0.2, -0.15) is 0 Å². The van der Waals surface area contributed by atoms with E-state index in [2.05, 4.69) is 5.32 Å². The van der Waals surface area contributed by atoms with Gasteiger partial charge in [-0.25, -0.2) is 8.42 Å². The monoisotopic (exact) mass is 385 g/mol. The summed E-state index contributed by atoms with van der Waals surface area (Å²) < 4.78 is 26.2. The zero-order valence-electron chi connectivity index (χ0n) is 13.4. The molecule has 1 N–H and O–H groups in total. The number of hydrogen-bond acceptors (Lipinski definition) is 4. The number of carbonyl (C=O) groups is 1. The summed E-state index contributed by atoms with van der Waals surface area (Å²) in [6.07, 6.45) is 2.11. The maximum atomic E-state index is 12.9.